The van der Waals surface area contributed by atoms with Crippen molar-refractivity contribution in [2.45, 2.75) is 25.8 Å². The molecule has 8 heteroatoms. The summed E-state index contributed by atoms with van der Waals surface area (Å²) in [5.74, 6) is -1.85. The SMILES string of the molecule is Cc1ccc(NC(=O)C(c2ccccc2)N2CCCC(C(=O)O)C2)c([N+](=O)[O-])c1. The molecule has 2 unspecified atom stereocenters. The number of nitro groups is 1. The Morgan fingerprint density at radius 2 is 1.97 bits per heavy atom. The number of nitro benzene ring substituents is 1. The predicted molar refractivity (Wildman–Crippen MR) is 108 cm³/mol. The van der Waals surface area contributed by atoms with Crippen LogP contribution >= 0.6 is 0 Å². The number of likely N-dealkylation sites (tertiary alicyclic amines) is 1. The normalized spacial score (nSPS) is 18.0. The van der Waals surface area contributed by atoms with E-state index in [0.29, 0.717) is 24.9 Å². The van der Waals surface area contributed by atoms with Crippen LogP contribution in [0.25, 0.3) is 0 Å². The van der Waals surface area contributed by atoms with Gasteiger partial charge >= 0.3 is 5.97 Å². The Labute approximate surface area is 168 Å². The lowest BCUT2D eigenvalue weighted by Crippen LogP contribution is -2.45. The third kappa shape index (κ3) is 4.78. The number of amides is 1. The second kappa shape index (κ2) is 8.83. The smallest absolute Gasteiger partial charge is 0.307 e. The van der Waals surface area contributed by atoms with Gasteiger partial charge in [-0.25, -0.2) is 0 Å². The second-order valence-electron chi connectivity index (χ2n) is 7.25. The highest BCUT2D eigenvalue weighted by molar-refractivity contribution is 5.97. The molecule has 1 saturated heterocycles. The molecule has 1 aliphatic heterocycles. The van der Waals surface area contributed by atoms with Gasteiger partial charge in [-0.15, -0.1) is 0 Å². The van der Waals surface area contributed by atoms with Crippen molar-refractivity contribution in [3.05, 3.63) is 69.8 Å². The van der Waals surface area contributed by atoms with E-state index in [9.17, 15) is 24.8 Å². The third-order valence-corrected chi connectivity index (χ3v) is 5.14. The molecule has 152 valence electrons. The summed E-state index contributed by atoms with van der Waals surface area (Å²) < 4.78 is 0. The first-order valence-electron chi connectivity index (χ1n) is 9.44. The number of carboxylic acid groups (broad SMARTS) is 1. The van der Waals surface area contributed by atoms with Crippen LogP contribution in [0.2, 0.25) is 0 Å². The van der Waals surface area contributed by atoms with Crippen LogP contribution in [0.5, 0.6) is 0 Å². The molecule has 0 bridgehead atoms. The van der Waals surface area contributed by atoms with E-state index in [2.05, 4.69) is 5.32 Å². The Hall–Kier alpha value is -3.26. The molecule has 2 N–H and O–H groups in total. The van der Waals surface area contributed by atoms with E-state index in [1.54, 1.807) is 25.1 Å². The highest BCUT2D eigenvalue weighted by Gasteiger charge is 2.34. The van der Waals surface area contributed by atoms with Crippen LogP contribution in [-0.4, -0.2) is 39.9 Å². The Balaban J connectivity index is 1.92. The van der Waals surface area contributed by atoms with E-state index in [4.69, 9.17) is 0 Å². The zero-order valence-electron chi connectivity index (χ0n) is 16.1. The van der Waals surface area contributed by atoms with Crippen LogP contribution in [0, 0.1) is 23.0 Å². The number of nitrogens with zero attached hydrogens (tertiary/aromatic N) is 2. The fourth-order valence-electron chi connectivity index (χ4n) is 3.71. The Morgan fingerprint density at radius 3 is 2.62 bits per heavy atom. The van der Waals surface area contributed by atoms with E-state index in [1.807, 2.05) is 23.1 Å². The van der Waals surface area contributed by atoms with Crippen LogP contribution in [-0.2, 0) is 9.59 Å². The van der Waals surface area contributed by atoms with Gasteiger partial charge in [-0.2, -0.15) is 0 Å². The molecule has 2 atom stereocenters. The summed E-state index contributed by atoms with van der Waals surface area (Å²) in [6, 6.07) is 12.9. The van der Waals surface area contributed by atoms with Gasteiger partial charge in [0.15, 0.2) is 0 Å². The van der Waals surface area contributed by atoms with Gasteiger partial charge in [0.25, 0.3) is 5.69 Å². The van der Waals surface area contributed by atoms with E-state index in [-0.39, 0.29) is 17.9 Å². The molecular weight excluding hydrogens is 374 g/mol. The maximum absolute atomic E-state index is 13.2. The van der Waals surface area contributed by atoms with Crippen LogP contribution < -0.4 is 5.32 Å². The van der Waals surface area contributed by atoms with Crippen molar-refractivity contribution in [3.8, 4) is 0 Å². The molecule has 2 aromatic carbocycles. The largest absolute Gasteiger partial charge is 0.481 e. The van der Waals surface area contributed by atoms with Crippen molar-refractivity contribution in [2.75, 3.05) is 18.4 Å². The summed E-state index contributed by atoms with van der Waals surface area (Å²) in [6.07, 6.45) is 1.23. The molecule has 8 nitrogen and oxygen atoms in total. The van der Waals surface area contributed by atoms with Crippen molar-refractivity contribution >= 4 is 23.3 Å². The molecule has 1 amide bonds. The second-order valence-corrected chi connectivity index (χ2v) is 7.25. The van der Waals surface area contributed by atoms with Crippen molar-refractivity contribution < 1.29 is 19.6 Å². The van der Waals surface area contributed by atoms with Gasteiger partial charge < -0.3 is 10.4 Å². The number of anilines is 1. The number of aryl methyl sites for hydroxylation is 1. The first-order valence-corrected chi connectivity index (χ1v) is 9.44. The third-order valence-electron chi connectivity index (χ3n) is 5.14. The maximum Gasteiger partial charge on any atom is 0.307 e. The number of carboxylic acids is 1. The summed E-state index contributed by atoms with van der Waals surface area (Å²) in [5.41, 5.74) is 1.38. The van der Waals surface area contributed by atoms with Crippen LogP contribution in [0.4, 0.5) is 11.4 Å². The van der Waals surface area contributed by atoms with E-state index >= 15 is 0 Å². The Morgan fingerprint density at radius 1 is 1.24 bits per heavy atom. The van der Waals surface area contributed by atoms with Crippen LogP contribution in [0.3, 0.4) is 0 Å². The van der Waals surface area contributed by atoms with Gasteiger partial charge in [0.05, 0.1) is 10.8 Å². The quantitative estimate of drug-likeness (QED) is 0.571. The minimum atomic E-state index is -0.879. The topological polar surface area (TPSA) is 113 Å². The highest BCUT2D eigenvalue weighted by atomic mass is 16.6. The lowest BCUT2D eigenvalue weighted by atomic mass is 9.94. The highest BCUT2D eigenvalue weighted by Crippen LogP contribution is 2.31. The van der Waals surface area contributed by atoms with E-state index in [1.165, 1.54) is 12.1 Å². The number of aliphatic carboxylic acids is 1. The van der Waals surface area contributed by atoms with Gasteiger partial charge in [-0.1, -0.05) is 36.4 Å². The molecule has 1 fully saturated rings. The first-order chi connectivity index (χ1) is 13.9. The molecule has 1 heterocycles. The lowest BCUT2D eigenvalue weighted by Gasteiger charge is -2.36. The molecule has 1 aliphatic rings. The van der Waals surface area contributed by atoms with E-state index in [0.717, 1.165) is 5.56 Å². The van der Waals surface area contributed by atoms with Crippen molar-refractivity contribution in [3.63, 3.8) is 0 Å². The molecule has 0 aliphatic carbocycles. The standard InChI is InChI=1S/C21H23N3O5/c1-14-9-10-17(18(12-14)24(28)29)22-20(25)19(15-6-3-2-4-7-15)23-11-5-8-16(13-23)21(26)27/h2-4,6-7,9-10,12,16,19H,5,8,11,13H2,1H3,(H,22,25)(H,26,27). The monoisotopic (exact) mass is 397 g/mol. The zero-order chi connectivity index (χ0) is 21.0. The van der Waals surface area contributed by atoms with Crippen molar-refractivity contribution in [1.29, 1.82) is 0 Å². The lowest BCUT2D eigenvalue weighted by molar-refractivity contribution is -0.384. The van der Waals surface area contributed by atoms with E-state index < -0.39 is 28.8 Å². The number of hydrogen-bond acceptors (Lipinski definition) is 5. The average molecular weight is 397 g/mol. The molecule has 0 aromatic heterocycles. The van der Waals surface area contributed by atoms with Crippen LogP contribution in [0.15, 0.2) is 48.5 Å². The first kappa shape index (κ1) is 20.5. The number of rotatable bonds is 6. The molecular formula is C21H23N3O5. The number of benzene rings is 2. The average Bonchev–Trinajstić information content (AvgIpc) is 2.70. The van der Waals surface area contributed by atoms with Gasteiger partial charge in [0.2, 0.25) is 5.91 Å². The van der Waals surface area contributed by atoms with Gasteiger partial charge in [-0.3, -0.25) is 24.6 Å². The number of carbonyl (C=O) groups excluding carboxylic acids is 1. The number of nitrogens with one attached hydrogen (secondary N) is 1. The maximum atomic E-state index is 13.2. The van der Waals surface area contributed by atoms with Crippen molar-refractivity contribution in [1.82, 2.24) is 4.90 Å². The minimum Gasteiger partial charge on any atom is -0.481 e. The zero-order valence-corrected chi connectivity index (χ0v) is 16.1. The van der Waals surface area contributed by atoms with Gasteiger partial charge in [0.1, 0.15) is 11.7 Å². The van der Waals surface area contributed by atoms with Crippen molar-refractivity contribution in [2.24, 2.45) is 5.92 Å². The molecule has 0 spiro atoms. The fraction of sp³-hybridized carbons (Fsp3) is 0.333. The minimum absolute atomic E-state index is 0.123. The fourth-order valence-corrected chi connectivity index (χ4v) is 3.71. The number of hydrogen-bond donors (Lipinski definition) is 2. The molecule has 29 heavy (non-hydrogen) atoms. The molecule has 0 saturated carbocycles. The van der Waals surface area contributed by atoms with Crippen LogP contribution in [0.1, 0.15) is 30.0 Å². The summed E-state index contributed by atoms with van der Waals surface area (Å²) >= 11 is 0. The molecule has 2 aromatic rings. The Bertz CT molecular complexity index is 916. The summed E-state index contributed by atoms with van der Waals surface area (Å²) in [6.45, 7) is 2.57. The van der Waals surface area contributed by atoms with Gasteiger partial charge in [0, 0.05) is 12.6 Å². The molecule has 0 radical (unpaired) electrons. The summed E-state index contributed by atoms with van der Waals surface area (Å²) in [5, 5.41) is 23.5. The number of piperidine rings is 1. The van der Waals surface area contributed by atoms with Gasteiger partial charge in [-0.05, 0) is 43.5 Å². The molecule has 3 rings (SSSR count). The summed E-state index contributed by atoms with van der Waals surface area (Å²) in [4.78, 5) is 37.4. The predicted octanol–water partition coefficient (Wildman–Crippen LogP) is 3.38. The summed E-state index contributed by atoms with van der Waals surface area (Å²) in [7, 11) is 0. The number of carbonyl (C=O) groups is 2. The Kier molecular flexibility index (Phi) is 6.23.